The summed E-state index contributed by atoms with van der Waals surface area (Å²) in [6.45, 7) is 1.78. The molecule has 1 aliphatic rings. The summed E-state index contributed by atoms with van der Waals surface area (Å²) in [5.74, 6) is 0.233. The van der Waals surface area contributed by atoms with Crippen molar-refractivity contribution in [2.75, 3.05) is 13.4 Å². The molecule has 2 heterocycles. The maximum Gasteiger partial charge on any atom is 0.375 e. The second-order valence-corrected chi connectivity index (χ2v) is 6.67. The number of esters is 1. The molecule has 0 saturated heterocycles. The molecule has 1 aromatic heterocycles. The number of aryl methyl sites for hydroxylation is 1. The molecule has 2 aromatic carbocycles. The normalized spacial score (nSPS) is 12.2. The van der Waals surface area contributed by atoms with Crippen LogP contribution in [0.2, 0.25) is 5.02 Å². The number of ether oxygens (including phenoxy) is 3. The standard InChI is InChI=1S/C20H16ClNO6/c1-11-14-7-13(21)3-5-15(14)28-19(11)20(24)25-9-18(23)22-8-12-2-4-16-17(6-12)27-10-26-16/h2-7H,8-10H2,1H3,(H,22,23). The number of rotatable bonds is 5. The first-order valence-electron chi connectivity index (χ1n) is 8.52. The van der Waals surface area contributed by atoms with Crippen molar-refractivity contribution in [1.82, 2.24) is 5.32 Å². The van der Waals surface area contributed by atoms with Crippen molar-refractivity contribution in [3.05, 3.63) is 58.3 Å². The van der Waals surface area contributed by atoms with Crippen molar-refractivity contribution >= 4 is 34.4 Å². The minimum atomic E-state index is -0.706. The molecule has 0 saturated carbocycles. The second kappa shape index (κ2) is 7.44. The first kappa shape index (κ1) is 18.2. The maximum absolute atomic E-state index is 12.3. The fourth-order valence-electron chi connectivity index (χ4n) is 2.89. The molecule has 8 heteroatoms. The van der Waals surface area contributed by atoms with E-state index in [9.17, 15) is 9.59 Å². The van der Waals surface area contributed by atoms with Gasteiger partial charge >= 0.3 is 5.97 Å². The van der Waals surface area contributed by atoms with Crippen molar-refractivity contribution in [3.8, 4) is 11.5 Å². The molecule has 3 aromatic rings. The van der Waals surface area contributed by atoms with E-state index in [-0.39, 0.29) is 19.1 Å². The summed E-state index contributed by atoms with van der Waals surface area (Å²) in [6, 6.07) is 10.5. The highest BCUT2D eigenvalue weighted by molar-refractivity contribution is 6.31. The predicted molar refractivity (Wildman–Crippen MR) is 101 cm³/mol. The third-order valence-electron chi connectivity index (χ3n) is 4.34. The SMILES string of the molecule is Cc1c(C(=O)OCC(=O)NCc2ccc3c(c2)OCO3)oc2ccc(Cl)cc12. The van der Waals surface area contributed by atoms with Crippen LogP contribution in [0.1, 0.15) is 21.7 Å². The average Bonchev–Trinajstić information content (AvgIpc) is 3.28. The number of halogens is 1. The van der Waals surface area contributed by atoms with Gasteiger partial charge in [-0.05, 0) is 42.8 Å². The van der Waals surface area contributed by atoms with E-state index in [4.69, 9.17) is 30.2 Å². The van der Waals surface area contributed by atoms with Gasteiger partial charge in [-0.1, -0.05) is 17.7 Å². The molecule has 4 rings (SSSR count). The van der Waals surface area contributed by atoms with Crippen LogP contribution < -0.4 is 14.8 Å². The molecule has 0 fully saturated rings. The van der Waals surface area contributed by atoms with E-state index in [0.29, 0.717) is 27.7 Å². The van der Waals surface area contributed by atoms with Gasteiger partial charge < -0.3 is 23.9 Å². The van der Waals surface area contributed by atoms with Crippen LogP contribution >= 0.6 is 11.6 Å². The fourth-order valence-corrected chi connectivity index (χ4v) is 3.06. The first-order chi connectivity index (χ1) is 13.5. The van der Waals surface area contributed by atoms with Gasteiger partial charge in [0.15, 0.2) is 18.1 Å². The number of hydrogen-bond donors (Lipinski definition) is 1. The van der Waals surface area contributed by atoms with Crippen LogP contribution in [0.4, 0.5) is 0 Å². The lowest BCUT2D eigenvalue weighted by molar-refractivity contribution is -0.124. The van der Waals surface area contributed by atoms with E-state index in [1.54, 1.807) is 37.3 Å². The Morgan fingerprint density at radius 1 is 1.14 bits per heavy atom. The van der Waals surface area contributed by atoms with E-state index in [0.717, 1.165) is 10.9 Å². The highest BCUT2D eigenvalue weighted by Crippen LogP contribution is 2.32. The minimum Gasteiger partial charge on any atom is -0.454 e. The van der Waals surface area contributed by atoms with E-state index in [2.05, 4.69) is 5.32 Å². The van der Waals surface area contributed by atoms with Gasteiger partial charge in [-0.2, -0.15) is 0 Å². The van der Waals surface area contributed by atoms with Crippen molar-refractivity contribution in [2.45, 2.75) is 13.5 Å². The summed E-state index contributed by atoms with van der Waals surface area (Å²) in [7, 11) is 0. The summed E-state index contributed by atoms with van der Waals surface area (Å²) >= 11 is 5.97. The quantitative estimate of drug-likeness (QED) is 0.657. The van der Waals surface area contributed by atoms with Crippen LogP contribution in [0, 0.1) is 6.92 Å². The number of fused-ring (bicyclic) bond motifs is 2. The van der Waals surface area contributed by atoms with Gasteiger partial charge in [0, 0.05) is 22.5 Å². The summed E-state index contributed by atoms with van der Waals surface area (Å²) in [5.41, 5.74) is 1.98. The first-order valence-corrected chi connectivity index (χ1v) is 8.90. The zero-order valence-electron chi connectivity index (χ0n) is 14.9. The maximum atomic E-state index is 12.3. The van der Waals surface area contributed by atoms with E-state index < -0.39 is 18.5 Å². The molecule has 1 aliphatic heterocycles. The van der Waals surface area contributed by atoms with Crippen LogP contribution in [0.5, 0.6) is 11.5 Å². The third kappa shape index (κ3) is 3.61. The summed E-state index contributed by atoms with van der Waals surface area (Å²) in [5, 5.41) is 3.95. The molecule has 0 atom stereocenters. The van der Waals surface area contributed by atoms with Gasteiger partial charge in [0.05, 0.1) is 0 Å². The zero-order valence-corrected chi connectivity index (χ0v) is 15.7. The Labute approximate surface area is 165 Å². The van der Waals surface area contributed by atoms with Gasteiger partial charge in [0.2, 0.25) is 12.6 Å². The van der Waals surface area contributed by atoms with Crippen LogP contribution in [-0.2, 0) is 16.1 Å². The Morgan fingerprint density at radius 2 is 1.96 bits per heavy atom. The number of benzene rings is 2. The van der Waals surface area contributed by atoms with E-state index in [1.807, 2.05) is 6.07 Å². The summed E-state index contributed by atoms with van der Waals surface area (Å²) in [6.07, 6.45) is 0. The fraction of sp³-hybridized carbons (Fsp3) is 0.200. The summed E-state index contributed by atoms with van der Waals surface area (Å²) in [4.78, 5) is 24.3. The lowest BCUT2D eigenvalue weighted by atomic mass is 10.1. The molecule has 0 bridgehead atoms. The average molecular weight is 402 g/mol. The Hall–Kier alpha value is -3.19. The molecule has 0 aliphatic carbocycles. The number of carbonyl (C=O) groups excluding carboxylic acids is 2. The molecule has 28 heavy (non-hydrogen) atoms. The van der Waals surface area contributed by atoms with Gasteiger partial charge in [0.25, 0.3) is 5.91 Å². The third-order valence-corrected chi connectivity index (χ3v) is 4.58. The van der Waals surface area contributed by atoms with Crippen molar-refractivity contribution < 1.29 is 28.2 Å². The smallest absolute Gasteiger partial charge is 0.375 e. The molecule has 7 nitrogen and oxygen atoms in total. The predicted octanol–water partition coefficient (Wildman–Crippen LogP) is 3.60. The number of hydrogen-bond acceptors (Lipinski definition) is 6. The molecule has 1 N–H and O–H groups in total. The largest absolute Gasteiger partial charge is 0.454 e. The molecular formula is C20H16ClNO6. The Kier molecular flexibility index (Phi) is 4.83. The van der Waals surface area contributed by atoms with Gasteiger partial charge in [-0.25, -0.2) is 4.79 Å². The highest BCUT2D eigenvalue weighted by Gasteiger charge is 2.20. The van der Waals surface area contributed by atoms with Gasteiger partial charge in [-0.15, -0.1) is 0 Å². The second-order valence-electron chi connectivity index (χ2n) is 6.24. The number of nitrogens with one attached hydrogen (secondary N) is 1. The van der Waals surface area contributed by atoms with Crippen molar-refractivity contribution in [1.29, 1.82) is 0 Å². The molecule has 144 valence electrons. The molecule has 1 amide bonds. The minimum absolute atomic E-state index is 0.0563. The Balaban J connectivity index is 1.33. The summed E-state index contributed by atoms with van der Waals surface area (Å²) < 4.78 is 21.1. The van der Waals surface area contributed by atoms with Crippen molar-refractivity contribution in [2.24, 2.45) is 0 Å². The lowest BCUT2D eigenvalue weighted by Crippen LogP contribution is -2.28. The van der Waals surface area contributed by atoms with Gasteiger partial charge in [0.1, 0.15) is 5.58 Å². The highest BCUT2D eigenvalue weighted by atomic mass is 35.5. The van der Waals surface area contributed by atoms with Gasteiger partial charge in [-0.3, -0.25) is 4.79 Å². The van der Waals surface area contributed by atoms with E-state index >= 15 is 0 Å². The van der Waals surface area contributed by atoms with Crippen LogP contribution in [0.25, 0.3) is 11.0 Å². The van der Waals surface area contributed by atoms with Crippen LogP contribution in [0.3, 0.4) is 0 Å². The van der Waals surface area contributed by atoms with Crippen LogP contribution in [-0.4, -0.2) is 25.3 Å². The topological polar surface area (TPSA) is 87.0 Å². The molecule has 0 unspecified atom stereocenters. The number of amides is 1. The number of carbonyl (C=O) groups is 2. The Bertz CT molecular complexity index is 1070. The van der Waals surface area contributed by atoms with E-state index in [1.165, 1.54) is 0 Å². The molecule has 0 spiro atoms. The molecule has 0 radical (unpaired) electrons. The Morgan fingerprint density at radius 3 is 2.82 bits per heavy atom. The molecular weight excluding hydrogens is 386 g/mol. The monoisotopic (exact) mass is 401 g/mol. The lowest BCUT2D eigenvalue weighted by Gasteiger charge is -2.07. The van der Waals surface area contributed by atoms with Crippen LogP contribution in [0.15, 0.2) is 40.8 Å². The zero-order chi connectivity index (χ0) is 19.7. The number of furan rings is 1. The van der Waals surface area contributed by atoms with Crippen molar-refractivity contribution in [3.63, 3.8) is 0 Å².